The lowest BCUT2D eigenvalue weighted by Crippen LogP contribution is -2.32. The van der Waals surface area contributed by atoms with Crippen molar-refractivity contribution in [3.63, 3.8) is 0 Å². The molecule has 1 fully saturated rings. The number of aromatic nitrogens is 4. The van der Waals surface area contributed by atoms with Gasteiger partial charge in [-0.05, 0) is 61.2 Å². The van der Waals surface area contributed by atoms with E-state index in [1.54, 1.807) is 28.8 Å². The van der Waals surface area contributed by atoms with E-state index in [0.717, 1.165) is 6.54 Å². The predicted octanol–water partition coefficient (Wildman–Crippen LogP) is 2.93. The number of nitrogens with zero attached hydrogens (tertiary/aromatic N) is 5. The third kappa shape index (κ3) is 3.52. The Hall–Kier alpha value is -2.51. The number of nitrogens with one attached hydrogen (secondary N) is 1. The van der Waals surface area contributed by atoms with Gasteiger partial charge in [0.1, 0.15) is 5.82 Å². The van der Waals surface area contributed by atoms with Crippen LogP contribution in [0.3, 0.4) is 0 Å². The predicted molar refractivity (Wildman–Crippen MR) is 88.0 cm³/mol. The molecule has 1 heterocycles. The number of benzene rings is 1. The third-order valence-electron chi connectivity index (χ3n) is 4.02. The fraction of sp³-hybridized carbons (Fsp3) is 0.500. The quantitative estimate of drug-likeness (QED) is 0.913. The number of halogens is 1. The number of rotatable bonds is 5. The zero-order chi connectivity index (χ0) is 17.3. The van der Waals surface area contributed by atoms with Gasteiger partial charge in [0.15, 0.2) is 5.82 Å². The highest BCUT2D eigenvalue weighted by molar-refractivity contribution is 5.89. The maximum Gasteiger partial charge on any atom is 0.321 e. The van der Waals surface area contributed by atoms with Crippen LogP contribution in [0.2, 0.25) is 0 Å². The number of carbonyl (C=O) groups excluding carboxylic acids is 1. The largest absolute Gasteiger partial charge is 0.327 e. The maximum absolute atomic E-state index is 14.5. The molecule has 2 aromatic rings. The minimum absolute atomic E-state index is 0.0184. The van der Waals surface area contributed by atoms with Gasteiger partial charge in [0.2, 0.25) is 0 Å². The monoisotopic (exact) mass is 332 g/mol. The van der Waals surface area contributed by atoms with E-state index >= 15 is 0 Å². The number of hydrogen-bond acceptors (Lipinski definition) is 4. The first-order chi connectivity index (χ1) is 11.5. The maximum atomic E-state index is 14.5. The van der Waals surface area contributed by atoms with Crippen LogP contribution in [0.15, 0.2) is 18.2 Å². The first-order valence-electron chi connectivity index (χ1n) is 8.05. The summed E-state index contributed by atoms with van der Waals surface area (Å²) in [5.41, 5.74) is 0.713. The topological polar surface area (TPSA) is 75.9 Å². The first kappa shape index (κ1) is 16.4. The van der Waals surface area contributed by atoms with Crippen molar-refractivity contribution < 1.29 is 9.18 Å². The second-order valence-corrected chi connectivity index (χ2v) is 6.49. The highest BCUT2D eigenvalue weighted by atomic mass is 19.1. The summed E-state index contributed by atoms with van der Waals surface area (Å²) in [5, 5.41) is 14.1. The molecular formula is C16H21FN6O. The van der Waals surface area contributed by atoms with Crippen molar-refractivity contribution in [3.8, 4) is 11.4 Å². The number of hydrogen-bond donors (Lipinski definition) is 1. The van der Waals surface area contributed by atoms with Gasteiger partial charge in [0.25, 0.3) is 0 Å². The number of urea groups is 1. The lowest BCUT2D eigenvalue weighted by molar-refractivity contribution is 0.220. The first-order valence-corrected chi connectivity index (χ1v) is 8.05. The van der Waals surface area contributed by atoms with Gasteiger partial charge in [-0.2, -0.15) is 0 Å². The Bertz CT molecular complexity index is 740. The number of tetrazole rings is 1. The van der Waals surface area contributed by atoms with Crippen LogP contribution in [0.4, 0.5) is 14.9 Å². The summed E-state index contributed by atoms with van der Waals surface area (Å²) in [6.07, 6.45) is 2.34. The van der Waals surface area contributed by atoms with Crippen LogP contribution in [-0.4, -0.2) is 44.7 Å². The Kier molecular flexibility index (Phi) is 4.46. The van der Waals surface area contributed by atoms with E-state index < -0.39 is 5.82 Å². The molecule has 2 amide bonds. The molecule has 0 bridgehead atoms. The van der Waals surface area contributed by atoms with E-state index in [4.69, 9.17) is 0 Å². The Morgan fingerprint density at radius 2 is 2.21 bits per heavy atom. The molecule has 0 aliphatic heterocycles. The van der Waals surface area contributed by atoms with Gasteiger partial charge in [-0.15, -0.1) is 5.10 Å². The summed E-state index contributed by atoms with van der Waals surface area (Å²) in [4.78, 5) is 13.7. The highest BCUT2D eigenvalue weighted by Gasteiger charge is 2.25. The zero-order valence-corrected chi connectivity index (χ0v) is 14.0. The van der Waals surface area contributed by atoms with Crippen LogP contribution in [0.5, 0.6) is 0 Å². The smallest absolute Gasteiger partial charge is 0.321 e. The molecular weight excluding hydrogens is 311 g/mol. The second-order valence-electron chi connectivity index (χ2n) is 6.49. The lowest BCUT2D eigenvalue weighted by atomic mass is 10.1. The fourth-order valence-electron chi connectivity index (χ4n) is 2.48. The molecule has 1 saturated carbocycles. The van der Waals surface area contributed by atoms with E-state index in [0.29, 0.717) is 23.0 Å². The van der Waals surface area contributed by atoms with E-state index in [1.165, 1.54) is 18.9 Å². The van der Waals surface area contributed by atoms with Gasteiger partial charge in [-0.3, -0.25) is 0 Å². The van der Waals surface area contributed by atoms with Crippen molar-refractivity contribution in [1.82, 2.24) is 25.1 Å². The van der Waals surface area contributed by atoms with E-state index in [1.807, 2.05) is 13.8 Å². The van der Waals surface area contributed by atoms with Crippen molar-refractivity contribution >= 4 is 11.7 Å². The molecule has 8 heteroatoms. The van der Waals surface area contributed by atoms with E-state index in [9.17, 15) is 9.18 Å². The molecule has 1 aromatic heterocycles. The standard InChI is InChI=1S/C16H21FN6O/c1-10(2)23-15(19-20-21-23)13-7-6-12(8-14(13)17)18-16(24)22(3)9-11-4-5-11/h6-8,10-11H,4-5,9H2,1-3H3,(H,18,24). The molecule has 0 saturated heterocycles. The van der Waals surface area contributed by atoms with Crippen molar-refractivity contribution in [2.24, 2.45) is 5.92 Å². The SMILES string of the molecule is CC(C)n1nnnc1-c1ccc(NC(=O)N(C)CC2CC2)cc1F. The Balaban J connectivity index is 1.74. The van der Waals surface area contributed by atoms with Gasteiger partial charge < -0.3 is 10.2 Å². The molecule has 1 N–H and O–H groups in total. The normalized spacial score (nSPS) is 14.0. The molecule has 7 nitrogen and oxygen atoms in total. The van der Waals surface area contributed by atoms with Gasteiger partial charge in [-0.1, -0.05) is 0 Å². The molecule has 0 unspecified atom stereocenters. The van der Waals surface area contributed by atoms with E-state index in [2.05, 4.69) is 20.8 Å². The summed E-state index contributed by atoms with van der Waals surface area (Å²) < 4.78 is 16.0. The summed E-state index contributed by atoms with van der Waals surface area (Å²) in [6.45, 7) is 4.57. The van der Waals surface area contributed by atoms with Crippen molar-refractivity contribution in [1.29, 1.82) is 0 Å². The third-order valence-corrected chi connectivity index (χ3v) is 4.02. The highest BCUT2D eigenvalue weighted by Crippen LogP contribution is 2.29. The molecule has 1 aliphatic rings. The minimum Gasteiger partial charge on any atom is -0.327 e. The van der Waals surface area contributed by atoms with Crippen LogP contribution in [0.25, 0.3) is 11.4 Å². The molecule has 0 spiro atoms. The Morgan fingerprint density at radius 1 is 1.46 bits per heavy atom. The number of amides is 2. The Labute approximate surface area is 139 Å². The number of carbonyl (C=O) groups is 1. The van der Waals surface area contributed by atoms with Crippen LogP contribution < -0.4 is 5.32 Å². The fourth-order valence-corrected chi connectivity index (χ4v) is 2.48. The van der Waals surface area contributed by atoms with Crippen LogP contribution in [0.1, 0.15) is 32.7 Å². The van der Waals surface area contributed by atoms with Crippen molar-refractivity contribution in [2.45, 2.75) is 32.7 Å². The van der Waals surface area contributed by atoms with Crippen molar-refractivity contribution in [3.05, 3.63) is 24.0 Å². The molecule has 24 heavy (non-hydrogen) atoms. The summed E-state index contributed by atoms with van der Waals surface area (Å²) in [5.74, 6) is 0.496. The van der Waals surface area contributed by atoms with Gasteiger partial charge in [0, 0.05) is 19.3 Å². The average molecular weight is 332 g/mol. The summed E-state index contributed by atoms with van der Waals surface area (Å²) in [7, 11) is 1.75. The van der Waals surface area contributed by atoms with Crippen LogP contribution >= 0.6 is 0 Å². The molecule has 0 atom stereocenters. The van der Waals surface area contributed by atoms with Crippen LogP contribution in [0, 0.1) is 11.7 Å². The van der Waals surface area contributed by atoms with Gasteiger partial charge in [-0.25, -0.2) is 13.9 Å². The van der Waals surface area contributed by atoms with E-state index in [-0.39, 0.29) is 12.1 Å². The molecule has 1 aromatic carbocycles. The van der Waals surface area contributed by atoms with Crippen LogP contribution in [-0.2, 0) is 0 Å². The Morgan fingerprint density at radius 3 is 2.83 bits per heavy atom. The van der Waals surface area contributed by atoms with Crippen molar-refractivity contribution in [2.75, 3.05) is 18.9 Å². The molecule has 1 aliphatic carbocycles. The molecule has 128 valence electrons. The number of anilines is 1. The van der Waals surface area contributed by atoms with Gasteiger partial charge in [0.05, 0.1) is 11.6 Å². The zero-order valence-electron chi connectivity index (χ0n) is 14.0. The van der Waals surface area contributed by atoms with Gasteiger partial charge >= 0.3 is 6.03 Å². The summed E-state index contributed by atoms with van der Waals surface area (Å²) >= 11 is 0. The minimum atomic E-state index is -0.477. The average Bonchev–Trinajstić information content (AvgIpc) is 3.20. The molecule has 3 rings (SSSR count). The second kappa shape index (κ2) is 6.54. The lowest BCUT2D eigenvalue weighted by Gasteiger charge is -2.18. The summed E-state index contributed by atoms with van der Waals surface area (Å²) in [6, 6.07) is 4.31. The molecule has 0 radical (unpaired) electrons.